The van der Waals surface area contributed by atoms with Crippen LogP contribution >= 0.6 is 22.9 Å². The number of hydrogen-bond acceptors (Lipinski definition) is 5. The molecule has 5 rings (SSSR count). The molecular formula is C26H26ClN5OS. The largest absolute Gasteiger partial charge is 0.309 e. The number of nitrogens with one attached hydrogen (secondary N) is 1. The van der Waals surface area contributed by atoms with E-state index in [1.807, 2.05) is 61.2 Å². The quantitative estimate of drug-likeness (QED) is 0.360. The van der Waals surface area contributed by atoms with E-state index in [0.717, 1.165) is 59.0 Å². The predicted molar refractivity (Wildman–Crippen MR) is 139 cm³/mol. The minimum absolute atomic E-state index is 0.00208. The maximum absolute atomic E-state index is 12.5. The highest BCUT2D eigenvalue weighted by atomic mass is 35.5. The van der Waals surface area contributed by atoms with Crippen LogP contribution in [-0.4, -0.2) is 46.2 Å². The summed E-state index contributed by atoms with van der Waals surface area (Å²) in [7, 11) is 4.02. The van der Waals surface area contributed by atoms with Gasteiger partial charge in [0.2, 0.25) is 5.91 Å². The third kappa shape index (κ3) is 4.51. The number of halogens is 1. The van der Waals surface area contributed by atoms with Crippen molar-refractivity contribution in [3.05, 3.63) is 70.9 Å². The Morgan fingerprint density at radius 3 is 2.65 bits per heavy atom. The van der Waals surface area contributed by atoms with Crippen LogP contribution in [-0.2, 0) is 17.6 Å². The highest BCUT2D eigenvalue weighted by molar-refractivity contribution is 7.19. The second-order valence-corrected chi connectivity index (χ2v) is 10.1. The summed E-state index contributed by atoms with van der Waals surface area (Å²) in [5, 5.41) is 9.32. The molecule has 0 radical (unpaired) electrons. The monoisotopic (exact) mass is 491 g/mol. The lowest BCUT2D eigenvalue weighted by atomic mass is 9.95. The Hall–Kier alpha value is -3.00. The molecule has 0 saturated heterocycles. The van der Waals surface area contributed by atoms with Crippen molar-refractivity contribution in [1.82, 2.24) is 19.7 Å². The number of thiazole rings is 1. The van der Waals surface area contributed by atoms with Crippen LogP contribution in [0.15, 0.2) is 54.6 Å². The molecule has 2 aromatic heterocycles. The molecule has 8 heteroatoms. The van der Waals surface area contributed by atoms with Gasteiger partial charge in [0, 0.05) is 17.5 Å². The molecule has 0 spiro atoms. The number of amides is 1. The lowest BCUT2D eigenvalue weighted by Gasteiger charge is -2.14. The first-order chi connectivity index (χ1) is 16.5. The molecule has 0 unspecified atom stereocenters. The fourth-order valence-corrected chi connectivity index (χ4v) is 5.59. The van der Waals surface area contributed by atoms with Gasteiger partial charge < -0.3 is 10.2 Å². The second-order valence-electron chi connectivity index (χ2n) is 8.65. The number of anilines is 1. The average Bonchev–Trinajstić information content (AvgIpc) is 3.40. The predicted octanol–water partition coefficient (Wildman–Crippen LogP) is 5.70. The number of carbonyl (C=O) groups is 1. The molecule has 1 N–H and O–H groups in total. The summed E-state index contributed by atoms with van der Waals surface area (Å²) in [6.07, 6.45) is 2.93. The van der Waals surface area contributed by atoms with E-state index in [-0.39, 0.29) is 5.91 Å². The van der Waals surface area contributed by atoms with Crippen LogP contribution in [0.3, 0.4) is 0 Å². The Morgan fingerprint density at radius 1 is 1.12 bits per heavy atom. The van der Waals surface area contributed by atoms with Crippen molar-refractivity contribution < 1.29 is 4.79 Å². The summed E-state index contributed by atoms with van der Waals surface area (Å²) in [4.78, 5) is 20.4. The summed E-state index contributed by atoms with van der Waals surface area (Å²) in [5.41, 5.74) is 6.06. The third-order valence-electron chi connectivity index (χ3n) is 5.89. The van der Waals surface area contributed by atoms with Gasteiger partial charge in [-0.15, -0.1) is 0 Å². The standard InChI is InChI=1S/C26H26ClN5OS/c1-31(2)16-8-13-22(33)29-26-28-20-15-14-18-23(17-9-4-3-5-10-17)30-32(24(18)25(20)34-26)21-12-7-6-11-19(21)27/h3-7,9-12H,8,13-16H2,1-2H3,(H,28,29,33). The summed E-state index contributed by atoms with van der Waals surface area (Å²) >= 11 is 8.11. The van der Waals surface area contributed by atoms with Gasteiger partial charge in [0.15, 0.2) is 5.13 Å². The number of para-hydroxylation sites is 1. The number of aryl methyl sites for hydroxylation is 1. The van der Waals surface area contributed by atoms with E-state index in [2.05, 4.69) is 22.3 Å². The van der Waals surface area contributed by atoms with Gasteiger partial charge >= 0.3 is 0 Å². The number of hydrogen-bond donors (Lipinski definition) is 1. The number of benzene rings is 2. The molecule has 2 aromatic carbocycles. The van der Waals surface area contributed by atoms with Gasteiger partial charge in [-0.25, -0.2) is 9.67 Å². The van der Waals surface area contributed by atoms with E-state index in [1.165, 1.54) is 16.9 Å². The molecule has 1 aliphatic rings. The lowest BCUT2D eigenvalue weighted by Crippen LogP contribution is -2.17. The Morgan fingerprint density at radius 2 is 1.88 bits per heavy atom. The zero-order valence-electron chi connectivity index (χ0n) is 19.2. The lowest BCUT2D eigenvalue weighted by molar-refractivity contribution is -0.116. The summed E-state index contributed by atoms with van der Waals surface area (Å²) in [6, 6.07) is 18.0. The first-order valence-electron chi connectivity index (χ1n) is 11.4. The highest BCUT2D eigenvalue weighted by Crippen LogP contribution is 2.44. The highest BCUT2D eigenvalue weighted by Gasteiger charge is 2.30. The molecular weight excluding hydrogens is 466 g/mol. The molecule has 4 aromatic rings. The van der Waals surface area contributed by atoms with Gasteiger partial charge in [0.1, 0.15) is 0 Å². The molecule has 0 fully saturated rings. The average molecular weight is 492 g/mol. The van der Waals surface area contributed by atoms with Crippen molar-refractivity contribution in [1.29, 1.82) is 0 Å². The van der Waals surface area contributed by atoms with Gasteiger partial charge in [-0.1, -0.05) is 65.4 Å². The van der Waals surface area contributed by atoms with Crippen molar-refractivity contribution in [2.24, 2.45) is 0 Å². The number of aromatic nitrogens is 3. The van der Waals surface area contributed by atoms with E-state index >= 15 is 0 Å². The normalized spacial score (nSPS) is 12.5. The van der Waals surface area contributed by atoms with Gasteiger partial charge in [0.05, 0.1) is 32.7 Å². The zero-order chi connectivity index (χ0) is 23.7. The first-order valence-corrected chi connectivity index (χ1v) is 12.6. The fourth-order valence-electron chi connectivity index (χ4n) is 4.29. The molecule has 0 bridgehead atoms. The van der Waals surface area contributed by atoms with E-state index in [9.17, 15) is 4.79 Å². The zero-order valence-corrected chi connectivity index (χ0v) is 20.8. The molecule has 6 nitrogen and oxygen atoms in total. The summed E-state index contributed by atoms with van der Waals surface area (Å²) < 4.78 is 1.94. The van der Waals surface area contributed by atoms with Crippen molar-refractivity contribution in [3.63, 3.8) is 0 Å². The first kappa shape index (κ1) is 22.8. The number of fused-ring (bicyclic) bond motifs is 3. The third-order valence-corrected chi connectivity index (χ3v) is 7.23. The van der Waals surface area contributed by atoms with E-state index in [0.29, 0.717) is 16.6 Å². The van der Waals surface area contributed by atoms with Crippen molar-refractivity contribution in [3.8, 4) is 27.5 Å². The topological polar surface area (TPSA) is 63.1 Å². The van der Waals surface area contributed by atoms with Crippen LogP contribution in [0.5, 0.6) is 0 Å². The van der Waals surface area contributed by atoms with Crippen molar-refractivity contribution >= 4 is 34.0 Å². The second kappa shape index (κ2) is 9.70. The van der Waals surface area contributed by atoms with E-state index in [4.69, 9.17) is 21.7 Å². The Labute approximate surface area is 208 Å². The van der Waals surface area contributed by atoms with Crippen LogP contribution in [0, 0.1) is 0 Å². The van der Waals surface area contributed by atoms with Crippen LogP contribution in [0.4, 0.5) is 5.13 Å². The van der Waals surface area contributed by atoms with Gasteiger partial charge in [-0.05, 0) is 52.0 Å². The summed E-state index contributed by atoms with van der Waals surface area (Å²) in [6.45, 7) is 0.879. The minimum Gasteiger partial charge on any atom is -0.309 e. The number of carbonyl (C=O) groups excluding carboxylic acids is 1. The van der Waals surface area contributed by atoms with Crippen molar-refractivity contribution in [2.75, 3.05) is 26.0 Å². The molecule has 0 aliphatic heterocycles. The molecule has 0 saturated carbocycles. The Balaban J connectivity index is 1.55. The molecule has 1 amide bonds. The molecule has 2 heterocycles. The number of nitrogens with zero attached hydrogens (tertiary/aromatic N) is 4. The van der Waals surface area contributed by atoms with Crippen LogP contribution in [0.1, 0.15) is 24.1 Å². The number of rotatable bonds is 7. The van der Waals surface area contributed by atoms with E-state index in [1.54, 1.807) is 0 Å². The van der Waals surface area contributed by atoms with Crippen molar-refractivity contribution in [2.45, 2.75) is 25.7 Å². The molecule has 34 heavy (non-hydrogen) atoms. The maximum Gasteiger partial charge on any atom is 0.226 e. The van der Waals surface area contributed by atoms with Gasteiger partial charge in [-0.2, -0.15) is 5.10 Å². The minimum atomic E-state index is -0.00208. The van der Waals surface area contributed by atoms with Gasteiger partial charge in [-0.3, -0.25) is 4.79 Å². The molecule has 174 valence electrons. The van der Waals surface area contributed by atoms with Crippen LogP contribution in [0.25, 0.3) is 27.5 Å². The van der Waals surface area contributed by atoms with Gasteiger partial charge in [0.25, 0.3) is 0 Å². The Kier molecular flexibility index (Phi) is 6.50. The fraction of sp³-hybridized carbons (Fsp3) is 0.269. The Bertz CT molecular complexity index is 1330. The molecule has 1 aliphatic carbocycles. The van der Waals surface area contributed by atoms with E-state index < -0.39 is 0 Å². The maximum atomic E-state index is 12.5. The molecule has 0 atom stereocenters. The van der Waals surface area contributed by atoms with Crippen LogP contribution in [0.2, 0.25) is 5.02 Å². The van der Waals surface area contributed by atoms with Crippen LogP contribution < -0.4 is 5.32 Å². The SMILES string of the molecule is CN(C)CCCC(=O)Nc1nc2c(s1)-c1c(c(-c3ccccc3)nn1-c1ccccc1Cl)CC2. The summed E-state index contributed by atoms with van der Waals surface area (Å²) in [5.74, 6) is -0.00208. The smallest absolute Gasteiger partial charge is 0.226 e.